The van der Waals surface area contributed by atoms with Gasteiger partial charge >= 0.3 is 0 Å². The lowest BCUT2D eigenvalue weighted by Gasteiger charge is -2.23. The van der Waals surface area contributed by atoms with E-state index in [0.29, 0.717) is 13.1 Å². The highest BCUT2D eigenvalue weighted by Crippen LogP contribution is 2.15. The van der Waals surface area contributed by atoms with E-state index in [2.05, 4.69) is 29.0 Å². The first-order chi connectivity index (χ1) is 10.1. The molecule has 0 radical (unpaired) electrons. The van der Waals surface area contributed by atoms with Crippen LogP contribution in [0, 0.1) is 0 Å². The highest BCUT2D eigenvalue weighted by molar-refractivity contribution is 5.81. The Morgan fingerprint density at radius 1 is 1.48 bits per heavy atom. The summed E-state index contributed by atoms with van der Waals surface area (Å²) in [6.45, 7) is 6.72. The molecular weight excluding hydrogens is 262 g/mol. The normalized spacial score (nSPS) is 12.3. The zero-order chi connectivity index (χ0) is 15.2. The number of nitrogens with zero attached hydrogens (tertiary/aromatic N) is 2. The van der Waals surface area contributed by atoms with E-state index in [-0.39, 0.29) is 11.9 Å². The van der Waals surface area contributed by atoms with Crippen LogP contribution in [0.4, 0.5) is 0 Å². The fourth-order valence-corrected chi connectivity index (χ4v) is 2.17. The van der Waals surface area contributed by atoms with Crippen LogP contribution in [0.5, 0.6) is 0 Å². The molecule has 1 amide bonds. The minimum Gasteiger partial charge on any atom is -0.351 e. The van der Waals surface area contributed by atoms with Gasteiger partial charge in [-0.2, -0.15) is 0 Å². The second kappa shape index (κ2) is 6.99. The maximum Gasteiger partial charge on any atom is 0.237 e. The third kappa shape index (κ3) is 3.89. The van der Waals surface area contributed by atoms with E-state index in [9.17, 15) is 4.79 Å². The number of likely N-dealkylation sites (N-methyl/N-ethyl adjacent to an activating group) is 1. The van der Waals surface area contributed by atoms with E-state index in [1.165, 1.54) is 5.56 Å². The van der Waals surface area contributed by atoms with E-state index in [4.69, 9.17) is 0 Å². The first-order valence-electron chi connectivity index (χ1n) is 7.04. The summed E-state index contributed by atoms with van der Waals surface area (Å²) in [6, 6.07) is 9.98. The lowest BCUT2D eigenvalue weighted by Crippen LogP contribution is -2.42. The summed E-state index contributed by atoms with van der Waals surface area (Å²) in [5, 5.41) is 3.94. The molecule has 0 fully saturated rings. The van der Waals surface area contributed by atoms with Crippen LogP contribution in [-0.2, 0) is 11.3 Å². The lowest BCUT2D eigenvalue weighted by molar-refractivity contribution is -0.125. The molecule has 1 aromatic heterocycles. The molecule has 0 saturated heterocycles. The predicted molar refractivity (Wildman–Crippen MR) is 85.9 cm³/mol. The van der Waals surface area contributed by atoms with Crippen LogP contribution in [0.25, 0.3) is 10.9 Å². The van der Waals surface area contributed by atoms with Crippen molar-refractivity contribution in [2.75, 3.05) is 13.6 Å². The summed E-state index contributed by atoms with van der Waals surface area (Å²) in [5.41, 5.74) is 2.15. The van der Waals surface area contributed by atoms with Crippen molar-refractivity contribution >= 4 is 16.8 Å². The van der Waals surface area contributed by atoms with Crippen LogP contribution >= 0.6 is 0 Å². The topological polar surface area (TPSA) is 45.2 Å². The number of carbonyl (C=O) groups excluding carboxylic acids is 1. The Hall–Kier alpha value is -2.20. The number of pyridine rings is 1. The van der Waals surface area contributed by atoms with Gasteiger partial charge in [-0.25, -0.2) is 0 Å². The molecule has 4 heteroatoms. The molecule has 0 bridgehead atoms. The Labute approximate surface area is 125 Å². The van der Waals surface area contributed by atoms with Gasteiger partial charge in [0.25, 0.3) is 0 Å². The van der Waals surface area contributed by atoms with Crippen molar-refractivity contribution in [3.63, 3.8) is 0 Å². The SMILES string of the molecule is C=CCNC(=O)C(C)N(C)Cc1ccc2ncccc2c1. The third-order valence-electron chi connectivity index (χ3n) is 3.56. The molecule has 21 heavy (non-hydrogen) atoms. The molecule has 1 unspecified atom stereocenters. The number of carbonyl (C=O) groups is 1. The number of hydrogen-bond acceptors (Lipinski definition) is 3. The molecule has 0 saturated carbocycles. The van der Waals surface area contributed by atoms with Gasteiger partial charge in [-0.3, -0.25) is 14.7 Å². The van der Waals surface area contributed by atoms with Crippen molar-refractivity contribution in [1.82, 2.24) is 15.2 Å². The summed E-state index contributed by atoms with van der Waals surface area (Å²) < 4.78 is 0. The molecule has 0 aliphatic rings. The largest absolute Gasteiger partial charge is 0.351 e. The molecule has 1 atom stereocenters. The zero-order valence-corrected chi connectivity index (χ0v) is 12.5. The molecule has 0 aliphatic carbocycles. The van der Waals surface area contributed by atoms with E-state index in [1.54, 1.807) is 12.3 Å². The number of aromatic nitrogens is 1. The third-order valence-corrected chi connectivity index (χ3v) is 3.56. The van der Waals surface area contributed by atoms with Crippen molar-refractivity contribution in [3.8, 4) is 0 Å². The Balaban J connectivity index is 2.04. The Morgan fingerprint density at radius 2 is 2.29 bits per heavy atom. The standard InChI is InChI=1S/C17H21N3O/c1-4-9-19-17(21)13(2)20(3)12-14-7-8-16-15(11-14)6-5-10-18-16/h4-8,10-11,13H,1,9,12H2,2-3H3,(H,19,21). The van der Waals surface area contributed by atoms with Crippen LogP contribution in [0.1, 0.15) is 12.5 Å². The Bertz CT molecular complexity index is 639. The number of amides is 1. The average molecular weight is 283 g/mol. The van der Waals surface area contributed by atoms with E-state index in [0.717, 1.165) is 10.9 Å². The number of benzene rings is 1. The maximum absolute atomic E-state index is 11.9. The first-order valence-corrected chi connectivity index (χ1v) is 7.04. The number of nitrogens with one attached hydrogen (secondary N) is 1. The van der Waals surface area contributed by atoms with Crippen molar-refractivity contribution in [2.45, 2.75) is 19.5 Å². The highest BCUT2D eigenvalue weighted by Gasteiger charge is 2.17. The molecule has 1 aromatic carbocycles. The summed E-state index contributed by atoms with van der Waals surface area (Å²) in [5.74, 6) is 0.0138. The summed E-state index contributed by atoms with van der Waals surface area (Å²) in [4.78, 5) is 18.3. The van der Waals surface area contributed by atoms with Crippen LogP contribution in [0.3, 0.4) is 0 Å². The van der Waals surface area contributed by atoms with Gasteiger partial charge in [-0.15, -0.1) is 6.58 Å². The lowest BCUT2D eigenvalue weighted by atomic mass is 10.1. The predicted octanol–water partition coefficient (Wildman–Crippen LogP) is 2.36. The molecule has 1 N–H and O–H groups in total. The molecule has 2 aromatic rings. The van der Waals surface area contributed by atoms with Crippen molar-refractivity contribution in [3.05, 3.63) is 54.7 Å². The second-order valence-electron chi connectivity index (χ2n) is 5.16. The quantitative estimate of drug-likeness (QED) is 0.828. The van der Waals surface area contributed by atoms with Crippen LogP contribution in [0.15, 0.2) is 49.2 Å². The fourth-order valence-electron chi connectivity index (χ4n) is 2.17. The minimum atomic E-state index is -0.186. The molecule has 1 heterocycles. The molecular formula is C17H21N3O. The van der Waals surface area contributed by atoms with E-state index in [1.807, 2.05) is 37.1 Å². The molecule has 0 spiro atoms. The molecule has 0 aliphatic heterocycles. The van der Waals surface area contributed by atoms with Gasteiger partial charge in [0, 0.05) is 24.7 Å². The smallest absolute Gasteiger partial charge is 0.237 e. The Morgan fingerprint density at radius 3 is 3.05 bits per heavy atom. The van der Waals surface area contributed by atoms with Crippen molar-refractivity contribution < 1.29 is 4.79 Å². The maximum atomic E-state index is 11.9. The molecule has 2 rings (SSSR count). The monoisotopic (exact) mass is 283 g/mol. The van der Waals surface area contributed by atoms with Gasteiger partial charge in [-0.1, -0.05) is 18.2 Å². The zero-order valence-electron chi connectivity index (χ0n) is 12.5. The van der Waals surface area contributed by atoms with Crippen molar-refractivity contribution in [2.24, 2.45) is 0 Å². The molecule has 110 valence electrons. The summed E-state index contributed by atoms with van der Waals surface area (Å²) >= 11 is 0. The fraction of sp³-hybridized carbons (Fsp3) is 0.294. The van der Waals surface area contributed by atoms with Gasteiger partial charge < -0.3 is 5.32 Å². The van der Waals surface area contributed by atoms with E-state index < -0.39 is 0 Å². The number of hydrogen-bond donors (Lipinski definition) is 1. The molecule has 4 nitrogen and oxygen atoms in total. The summed E-state index contributed by atoms with van der Waals surface area (Å²) in [6.07, 6.45) is 3.47. The number of rotatable bonds is 6. The first kappa shape index (κ1) is 15.2. The van der Waals surface area contributed by atoms with E-state index >= 15 is 0 Å². The van der Waals surface area contributed by atoms with Crippen LogP contribution in [-0.4, -0.2) is 35.4 Å². The average Bonchev–Trinajstić information content (AvgIpc) is 2.51. The van der Waals surface area contributed by atoms with Gasteiger partial charge in [0.15, 0.2) is 0 Å². The highest BCUT2D eigenvalue weighted by atomic mass is 16.2. The van der Waals surface area contributed by atoms with Gasteiger partial charge in [0.05, 0.1) is 11.6 Å². The minimum absolute atomic E-state index is 0.0138. The number of fused-ring (bicyclic) bond motifs is 1. The van der Waals surface area contributed by atoms with Crippen LogP contribution < -0.4 is 5.32 Å². The van der Waals surface area contributed by atoms with Gasteiger partial charge in [0.1, 0.15) is 0 Å². The second-order valence-corrected chi connectivity index (χ2v) is 5.16. The van der Waals surface area contributed by atoms with Crippen molar-refractivity contribution in [1.29, 1.82) is 0 Å². The van der Waals surface area contributed by atoms with Crippen LogP contribution in [0.2, 0.25) is 0 Å². The van der Waals surface area contributed by atoms with Gasteiger partial charge in [-0.05, 0) is 37.7 Å². The van der Waals surface area contributed by atoms with Gasteiger partial charge in [0.2, 0.25) is 5.91 Å². The Kier molecular flexibility index (Phi) is 5.06. The summed E-state index contributed by atoms with van der Waals surface area (Å²) in [7, 11) is 1.95.